The van der Waals surface area contributed by atoms with Gasteiger partial charge in [-0.3, -0.25) is 9.59 Å². The topological polar surface area (TPSA) is 56.4 Å². The molecule has 5 nitrogen and oxygen atoms in total. The summed E-state index contributed by atoms with van der Waals surface area (Å²) in [6.07, 6.45) is 3.00. The molecule has 2 unspecified atom stereocenters. The van der Waals surface area contributed by atoms with Crippen molar-refractivity contribution >= 4 is 22.7 Å². The van der Waals surface area contributed by atoms with Crippen LogP contribution in [0.4, 0.5) is 4.39 Å². The Balaban J connectivity index is 1.57. The molecule has 3 saturated heterocycles. The average Bonchev–Trinajstić information content (AvgIpc) is 2.80. The molecular weight excluding hydrogens is 345 g/mol. The normalized spacial score (nSPS) is 22.6. The first-order valence-corrected chi connectivity index (χ1v) is 9.83. The summed E-state index contributed by atoms with van der Waals surface area (Å²) in [5, 5.41) is 0.766. The molecule has 2 bridgehead atoms. The van der Waals surface area contributed by atoms with Gasteiger partial charge in [-0.2, -0.15) is 0 Å². The smallest absolute Gasteiger partial charge is 0.227 e. The molecule has 27 heavy (non-hydrogen) atoms. The van der Waals surface area contributed by atoms with Crippen LogP contribution < -0.4 is 0 Å². The number of fused-ring (bicyclic) bond motifs is 5. The Bertz CT molecular complexity index is 891. The van der Waals surface area contributed by atoms with E-state index in [-0.39, 0.29) is 36.0 Å². The van der Waals surface area contributed by atoms with Crippen molar-refractivity contribution in [1.82, 2.24) is 14.8 Å². The van der Waals surface area contributed by atoms with E-state index in [4.69, 9.17) is 0 Å². The van der Waals surface area contributed by atoms with Crippen LogP contribution in [-0.4, -0.2) is 52.3 Å². The van der Waals surface area contributed by atoms with Gasteiger partial charge in [-0.25, -0.2) is 4.39 Å². The molecule has 144 valence electrons. The van der Waals surface area contributed by atoms with Gasteiger partial charge >= 0.3 is 0 Å². The second kappa shape index (κ2) is 6.98. The van der Waals surface area contributed by atoms with Crippen molar-refractivity contribution in [2.75, 3.05) is 19.6 Å². The molecule has 3 aliphatic rings. The van der Waals surface area contributed by atoms with Crippen LogP contribution in [0.5, 0.6) is 0 Å². The van der Waals surface area contributed by atoms with Gasteiger partial charge < -0.3 is 14.8 Å². The predicted octanol–water partition coefficient (Wildman–Crippen LogP) is 3.02. The number of carbonyl (C=O) groups is 2. The number of para-hydroxylation sites is 1. The van der Waals surface area contributed by atoms with Gasteiger partial charge in [0.05, 0.1) is 17.9 Å². The first-order chi connectivity index (χ1) is 13.0. The van der Waals surface area contributed by atoms with Crippen LogP contribution in [0.1, 0.15) is 37.4 Å². The third kappa shape index (κ3) is 3.11. The van der Waals surface area contributed by atoms with Gasteiger partial charge in [0.2, 0.25) is 11.8 Å². The second-order valence-corrected chi connectivity index (χ2v) is 7.83. The van der Waals surface area contributed by atoms with E-state index in [1.807, 2.05) is 22.8 Å². The van der Waals surface area contributed by atoms with Gasteiger partial charge in [-0.1, -0.05) is 19.1 Å². The Morgan fingerprint density at radius 2 is 2.11 bits per heavy atom. The number of rotatable bonds is 4. The minimum atomic E-state index is -0.303. The number of aromatic amines is 1. The molecule has 4 heterocycles. The van der Waals surface area contributed by atoms with E-state index in [1.54, 1.807) is 6.07 Å². The molecule has 2 atom stereocenters. The Morgan fingerprint density at radius 1 is 1.30 bits per heavy atom. The van der Waals surface area contributed by atoms with Gasteiger partial charge in [-0.05, 0) is 37.8 Å². The number of amides is 2. The Labute approximate surface area is 158 Å². The zero-order valence-corrected chi connectivity index (χ0v) is 15.9. The summed E-state index contributed by atoms with van der Waals surface area (Å²) in [5.41, 5.74) is 2.13. The third-order valence-electron chi connectivity index (χ3n) is 6.04. The van der Waals surface area contributed by atoms with Crippen molar-refractivity contribution in [2.45, 2.75) is 45.6 Å². The fraction of sp³-hybridized carbons (Fsp3) is 0.524. The summed E-state index contributed by atoms with van der Waals surface area (Å²) in [7, 11) is 0. The highest BCUT2D eigenvalue weighted by molar-refractivity contribution is 5.91. The first-order valence-electron chi connectivity index (χ1n) is 9.83. The summed E-state index contributed by atoms with van der Waals surface area (Å²) in [5.74, 6) is -0.163. The molecule has 1 aromatic carbocycles. The van der Waals surface area contributed by atoms with Crippen LogP contribution in [0.15, 0.2) is 18.2 Å². The lowest BCUT2D eigenvalue weighted by molar-refractivity contribution is -0.139. The Kier molecular flexibility index (Phi) is 4.66. The highest BCUT2D eigenvalue weighted by Crippen LogP contribution is 2.30. The van der Waals surface area contributed by atoms with Crippen LogP contribution in [-0.2, 0) is 16.0 Å². The molecule has 0 saturated carbocycles. The van der Waals surface area contributed by atoms with Gasteiger partial charge in [-0.15, -0.1) is 0 Å². The van der Waals surface area contributed by atoms with E-state index < -0.39 is 0 Å². The number of aryl methyl sites for hydroxylation is 1. The van der Waals surface area contributed by atoms with Crippen molar-refractivity contribution in [3.63, 3.8) is 0 Å². The van der Waals surface area contributed by atoms with Crippen molar-refractivity contribution in [1.29, 1.82) is 0 Å². The van der Waals surface area contributed by atoms with Crippen molar-refractivity contribution in [3.8, 4) is 0 Å². The van der Waals surface area contributed by atoms with Crippen molar-refractivity contribution in [3.05, 3.63) is 35.3 Å². The monoisotopic (exact) mass is 371 g/mol. The van der Waals surface area contributed by atoms with E-state index in [2.05, 4.69) is 11.9 Å². The number of carbonyl (C=O) groups excluding carboxylic acids is 2. The quantitative estimate of drug-likeness (QED) is 0.898. The molecule has 0 radical (unpaired) electrons. The molecule has 6 heteroatoms. The Hall–Kier alpha value is -2.37. The molecule has 1 N–H and O–H groups in total. The largest absolute Gasteiger partial charge is 0.356 e. The maximum Gasteiger partial charge on any atom is 0.227 e. The minimum absolute atomic E-state index is 0.0197. The number of hydrogen-bond donors (Lipinski definition) is 1. The molecule has 0 spiro atoms. The summed E-state index contributed by atoms with van der Waals surface area (Å²) < 4.78 is 14.0. The van der Waals surface area contributed by atoms with Gasteiger partial charge in [0.15, 0.2) is 0 Å². The molecule has 3 aliphatic heterocycles. The lowest BCUT2D eigenvalue weighted by Crippen LogP contribution is -2.48. The zero-order valence-electron chi connectivity index (χ0n) is 15.9. The highest BCUT2D eigenvalue weighted by Gasteiger charge is 2.41. The number of H-pyrrole nitrogens is 1. The van der Waals surface area contributed by atoms with Gasteiger partial charge in [0, 0.05) is 36.8 Å². The van der Waals surface area contributed by atoms with Crippen LogP contribution in [0.25, 0.3) is 10.9 Å². The molecule has 2 aromatic rings. The summed E-state index contributed by atoms with van der Waals surface area (Å²) in [6.45, 7) is 5.83. The molecule has 2 amide bonds. The third-order valence-corrected chi connectivity index (χ3v) is 6.04. The number of nitrogens with one attached hydrogen (secondary N) is 1. The summed E-state index contributed by atoms with van der Waals surface area (Å²) >= 11 is 0. The lowest BCUT2D eigenvalue weighted by atomic mass is 9.94. The van der Waals surface area contributed by atoms with E-state index in [0.717, 1.165) is 42.5 Å². The molecule has 3 fully saturated rings. The first kappa shape index (κ1) is 18.0. The SMILES string of the molecule is CCCN1C(=O)C2CCC1CN(C(=O)Cc1c(C)[nH]c3c(F)cccc13)C2. The molecule has 1 aromatic heterocycles. The fourth-order valence-electron chi connectivity index (χ4n) is 4.64. The van der Waals surface area contributed by atoms with Crippen LogP contribution >= 0.6 is 0 Å². The number of benzene rings is 1. The number of halogens is 1. The second-order valence-electron chi connectivity index (χ2n) is 7.83. The number of aromatic nitrogens is 1. The van der Waals surface area contributed by atoms with Crippen LogP contribution in [0.2, 0.25) is 0 Å². The minimum Gasteiger partial charge on any atom is -0.356 e. The molecular formula is C21H26FN3O2. The number of nitrogens with zero attached hydrogens (tertiary/aromatic N) is 2. The average molecular weight is 371 g/mol. The fourth-order valence-corrected chi connectivity index (χ4v) is 4.64. The highest BCUT2D eigenvalue weighted by atomic mass is 19.1. The summed E-state index contributed by atoms with van der Waals surface area (Å²) in [6, 6.07) is 5.07. The lowest BCUT2D eigenvalue weighted by Gasteiger charge is -2.35. The van der Waals surface area contributed by atoms with E-state index in [1.165, 1.54) is 6.07 Å². The van der Waals surface area contributed by atoms with Crippen LogP contribution in [0, 0.1) is 18.7 Å². The summed E-state index contributed by atoms with van der Waals surface area (Å²) in [4.78, 5) is 32.7. The van der Waals surface area contributed by atoms with Crippen molar-refractivity contribution in [2.24, 2.45) is 5.92 Å². The van der Waals surface area contributed by atoms with Gasteiger partial charge in [0.1, 0.15) is 5.82 Å². The van der Waals surface area contributed by atoms with E-state index in [0.29, 0.717) is 18.6 Å². The molecule has 5 rings (SSSR count). The van der Waals surface area contributed by atoms with Gasteiger partial charge in [0.25, 0.3) is 0 Å². The predicted molar refractivity (Wildman–Crippen MR) is 102 cm³/mol. The van der Waals surface area contributed by atoms with E-state index in [9.17, 15) is 14.0 Å². The maximum absolute atomic E-state index is 14.0. The number of piperidine rings is 1. The molecule has 0 aliphatic carbocycles. The maximum atomic E-state index is 14.0. The van der Waals surface area contributed by atoms with E-state index >= 15 is 0 Å². The Morgan fingerprint density at radius 3 is 2.89 bits per heavy atom. The standard InChI is InChI=1S/C21H26FN3O2/c1-3-9-25-15-8-7-14(21(25)27)11-24(12-15)19(26)10-17-13(2)23-20-16(17)5-4-6-18(20)22/h4-6,14-15,23H,3,7-12H2,1-2H3. The zero-order chi connectivity index (χ0) is 19.1. The van der Waals surface area contributed by atoms with Crippen LogP contribution in [0.3, 0.4) is 0 Å². The number of hydrogen-bond acceptors (Lipinski definition) is 2. The van der Waals surface area contributed by atoms with Crippen molar-refractivity contribution < 1.29 is 14.0 Å².